The molecule has 0 bridgehead atoms. The van der Waals surface area contributed by atoms with Gasteiger partial charge in [-0.2, -0.15) is 0 Å². The molecule has 156 valence electrons. The van der Waals surface area contributed by atoms with Crippen molar-refractivity contribution in [3.05, 3.63) is 47.5 Å². The number of fused-ring (bicyclic) bond motifs is 1. The molecule has 5 nitrogen and oxygen atoms in total. The van der Waals surface area contributed by atoms with Crippen LogP contribution < -0.4 is 9.47 Å². The Hall–Kier alpha value is -2.73. The van der Waals surface area contributed by atoms with Gasteiger partial charge in [-0.3, -0.25) is 9.59 Å². The van der Waals surface area contributed by atoms with Gasteiger partial charge in [0.05, 0.1) is 17.3 Å². The maximum atomic E-state index is 12.9. The van der Waals surface area contributed by atoms with Crippen molar-refractivity contribution in [2.45, 2.75) is 46.0 Å². The second-order valence-corrected chi connectivity index (χ2v) is 9.51. The van der Waals surface area contributed by atoms with E-state index >= 15 is 0 Å². The number of aromatic nitrogens is 1. The van der Waals surface area contributed by atoms with Crippen LogP contribution in [-0.4, -0.2) is 23.7 Å². The molecule has 1 aliphatic rings. The van der Waals surface area contributed by atoms with E-state index in [-0.39, 0.29) is 17.0 Å². The van der Waals surface area contributed by atoms with Crippen molar-refractivity contribution in [3.8, 4) is 16.7 Å². The summed E-state index contributed by atoms with van der Waals surface area (Å²) in [6.45, 7) is 5.98. The second-order valence-electron chi connectivity index (χ2n) is 8.51. The van der Waals surface area contributed by atoms with Gasteiger partial charge in [0.1, 0.15) is 29.0 Å². The van der Waals surface area contributed by atoms with E-state index in [1.165, 1.54) is 11.3 Å². The van der Waals surface area contributed by atoms with Crippen LogP contribution in [0.1, 0.15) is 50.7 Å². The number of rotatable bonds is 5. The molecule has 0 N–H and O–H groups in total. The molecule has 1 aliphatic carbocycles. The largest absolute Gasteiger partial charge is 0.497 e. The zero-order chi connectivity index (χ0) is 21.5. The molecule has 30 heavy (non-hydrogen) atoms. The first kappa shape index (κ1) is 20.5. The number of carbonyl (C=O) groups excluding carboxylic acids is 2. The molecule has 3 aromatic rings. The van der Waals surface area contributed by atoms with Crippen molar-refractivity contribution in [3.63, 3.8) is 0 Å². The lowest BCUT2D eigenvalue weighted by molar-refractivity contribution is -0.135. The number of aryl methyl sites for hydroxylation is 1. The van der Waals surface area contributed by atoms with Gasteiger partial charge in [0.25, 0.3) is 5.19 Å². The van der Waals surface area contributed by atoms with Gasteiger partial charge in [-0.25, -0.2) is 4.98 Å². The molecule has 6 heteroatoms. The van der Waals surface area contributed by atoms with Crippen LogP contribution in [0.2, 0.25) is 0 Å². The highest BCUT2D eigenvalue weighted by Crippen LogP contribution is 2.41. The highest BCUT2D eigenvalue weighted by molar-refractivity contribution is 7.20. The first-order chi connectivity index (χ1) is 14.3. The summed E-state index contributed by atoms with van der Waals surface area (Å²) in [5.74, 6) is 0.643. The summed E-state index contributed by atoms with van der Waals surface area (Å²) in [6, 6.07) is 11.3. The number of ketones is 2. The molecule has 0 unspecified atom stereocenters. The topological polar surface area (TPSA) is 65.5 Å². The van der Waals surface area contributed by atoms with Crippen LogP contribution in [0.25, 0.3) is 10.2 Å². The number of ether oxygens (including phenoxy) is 2. The smallest absolute Gasteiger partial charge is 0.279 e. The Labute approximate surface area is 180 Å². The molecule has 0 amide bonds. The first-order valence-electron chi connectivity index (χ1n) is 10.1. The van der Waals surface area contributed by atoms with E-state index in [4.69, 9.17) is 9.47 Å². The molecule has 0 radical (unpaired) electrons. The Morgan fingerprint density at radius 1 is 1.07 bits per heavy atom. The van der Waals surface area contributed by atoms with Crippen LogP contribution in [0.15, 0.2) is 36.4 Å². The molecule has 1 fully saturated rings. The summed E-state index contributed by atoms with van der Waals surface area (Å²) >= 11 is 1.43. The SMILES string of the molecule is CCc1ccc(Oc2nc3ccc(OC)cc3s2)cc1C1C(=O)CC(C)(C)CC1=O. The molecular formula is C24H25NO4S. The van der Waals surface area contributed by atoms with Crippen molar-refractivity contribution >= 4 is 33.1 Å². The minimum Gasteiger partial charge on any atom is -0.497 e. The average Bonchev–Trinajstić information content (AvgIpc) is 3.08. The van der Waals surface area contributed by atoms with Gasteiger partial charge >= 0.3 is 0 Å². The second kappa shape index (κ2) is 7.84. The zero-order valence-corrected chi connectivity index (χ0v) is 18.5. The standard InChI is InChI=1S/C24H25NO4S/c1-5-14-6-7-16(10-17(14)22-19(26)12-24(2,3)13-20(22)27)29-23-25-18-9-8-15(28-4)11-21(18)30-23/h6-11,22H,5,12-13H2,1-4H3. The first-order valence-corrected chi connectivity index (χ1v) is 10.9. The van der Waals surface area contributed by atoms with Crippen molar-refractivity contribution in [1.29, 1.82) is 0 Å². The Kier molecular flexibility index (Phi) is 5.36. The zero-order valence-electron chi connectivity index (χ0n) is 17.7. The normalized spacial score (nSPS) is 16.8. The van der Waals surface area contributed by atoms with Gasteiger partial charge in [0, 0.05) is 12.8 Å². The molecule has 0 spiro atoms. The summed E-state index contributed by atoms with van der Waals surface area (Å²) < 4.78 is 12.3. The minimum atomic E-state index is -0.698. The lowest BCUT2D eigenvalue weighted by Gasteiger charge is -2.33. The Bertz CT molecular complexity index is 1110. The molecule has 1 saturated carbocycles. The van der Waals surface area contributed by atoms with Gasteiger partial charge in [-0.1, -0.05) is 38.2 Å². The fourth-order valence-electron chi connectivity index (χ4n) is 4.12. The number of methoxy groups -OCH3 is 1. The van der Waals surface area contributed by atoms with Gasteiger partial charge in [-0.05, 0) is 53.3 Å². The quantitative estimate of drug-likeness (QED) is 0.492. The summed E-state index contributed by atoms with van der Waals surface area (Å²) in [5, 5.41) is 0.510. The molecule has 1 aromatic heterocycles. The third kappa shape index (κ3) is 3.97. The molecule has 1 heterocycles. The maximum Gasteiger partial charge on any atom is 0.279 e. The molecular weight excluding hydrogens is 398 g/mol. The Balaban J connectivity index is 1.66. The molecule has 0 aliphatic heterocycles. The Morgan fingerprint density at radius 3 is 2.43 bits per heavy atom. The van der Waals surface area contributed by atoms with Crippen LogP contribution in [0.3, 0.4) is 0 Å². The van der Waals surface area contributed by atoms with E-state index in [0.717, 1.165) is 33.5 Å². The fourth-order valence-corrected chi connectivity index (χ4v) is 4.98. The predicted molar refractivity (Wildman–Crippen MR) is 118 cm³/mol. The summed E-state index contributed by atoms with van der Waals surface area (Å²) in [7, 11) is 1.63. The number of thiazole rings is 1. The van der Waals surface area contributed by atoms with Crippen LogP contribution in [-0.2, 0) is 16.0 Å². The van der Waals surface area contributed by atoms with Crippen LogP contribution >= 0.6 is 11.3 Å². The Morgan fingerprint density at radius 2 is 1.77 bits per heavy atom. The third-order valence-corrected chi connectivity index (χ3v) is 6.44. The molecule has 4 rings (SSSR count). The maximum absolute atomic E-state index is 12.9. The van der Waals surface area contributed by atoms with Crippen LogP contribution in [0, 0.1) is 5.41 Å². The van der Waals surface area contributed by atoms with Gasteiger partial charge in [-0.15, -0.1) is 0 Å². The number of benzene rings is 2. The molecule has 0 saturated heterocycles. The number of hydrogen-bond donors (Lipinski definition) is 0. The van der Waals surface area contributed by atoms with Crippen LogP contribution in [0.4, 0.5) is 0 Å². The number of Topliss-reactive ketones (excluding diaryl/α,β-unsaturated/α-hetero) is 2. The van der Waals surface area contributed by atoms with Crippen molar-refractivity contribution in [1.82, 2.24) is 4.98 Å². The van der Waals surface area contributed by atoms with Gasteiger partial charge < -0.3 is 9.47 Å². The highest BCUT2D eigenvalue weighted by atomic mass is 32.1. The number of hydrogen-bond acceptors (Lipinski definition) is 6. The summed E-state index contributed by atoms with van der Waals surface area (Å²) in [4.78, 5) is 30.2. The van der Waals surface area contributed by atoms with E-state index in [2.05, 4.69) is 4.98 Å². The predicted octanol–water partition coefficient (Wildman–Crippen LogP) is 5.70. The minimum absolute atomic E-state index is 0.00446. The summed E-state index contributed by atoms with van der Waals surface area (Å²) in [5.41, 5.74) is 2.33. The molecule has 0 atom stereocenters. The monoisotopic (exact) mass is 423 g/mol. The average molecular weight is 424 g/mol. The number of carbonyl (C=O) groups is 2. The fraction of sp³-hybridized carbons (Fsp3) is 0.375. The molecule has 2 aromatic carbocycles. The van der Waals surface area contributed by atoms with Crippen LogP contribution in [0.5, 0.6) is 16.7 Å². The van der Waals surface area contributed by atoms with Crippen molar-refractivity contribution in [2.75, 3.05) is 7.11 Å². The lowest BCUT2D eigenvalue weighted by Crippen LogP contribution is -2.36. The lowest BCUT2D eigenvalue weighted by atomic mass is 9.69. The van der Waals surface area contributed by atoms with Crippen molar-refractivity contribution < 1.29 is 19.1 Å². The van der Waals surface area contributed by atoms with Gasteiger partial charge in [0.15, 0.2) is 0 Å². The number of nitrogens with zero attached hydrogens (tertiary/aromatic N) is 1. The summed E-state index contributed by atoms with van der Waals surface area (Å²) in [6.07, 6.45) is 1.58. The van der Waals surface area contributed by atoms with E-state index in [9.17, 15) is 9.59 Å². The van der Waals surface area contributed by atoms with Gasteiger partial charge in [0.2, 0.25) is 0 Å². The highest BCUT2D eigenvalue weighted by Gasteiger charge is 2.41. The van der Waals surface area contributed by atoms with E-state index in [1.807, 2.05) is 57.2 Å². The third-order valence-electron chi connectivity index (χ3n) is 5.54. The van der Waals surface area contributed by atoms with E-state index < -0.39 is 5.92 Å². The van der Waals surface area contributed by atoms with E-state index in [0.29, 0.717) is 23.8 Å². The van der Waals surface area contributed by atoms with Crippen molar-refractivity contribution in [2.24, 2.45) is 5.41 Å². The van der Waals surface area contributed by atoms with E-state index in [1.54, 1.807) is 7.11 Å².